The summed E-state index contributed by atoms with van der Waals surface area (Å²) in [5.74, 6) is 1.16. The molecular weight excluding hydrogens is 300 g/mol. The van der Waals surface area contributed by atoms with E-state index in [1.807, 2.05) is 3.81 Å². The molecule has 0 nitrogen and oxygen atoms in total. The van der Waals surface area contributed by atoms with Crippen LogP contribution in [0.1, 0.15) is 34.1 Å². The third kappa shape index (κ3) is 1.98. The van der Waals surface area contributed by atoms with Gasteiger partial charge in [0.25, 0.3) is 0 Å². The van der Waals surface area contributed by atoms with Crippen LogP contribution in [0.2, 0.25) is 9.45 Å². The van der Waals surface area contributed by atoms with Crippen LogP contribution >= 0.6 is 0 Å². The van der Waals surface area contributed by atoms with Gasteiger partial charge >= 0.3 is 138 Å². The second-order valence-electron chi connectivity index (χ2n) is 6.49. The van der Waals surface area contributed by atoms with Crippen molar-refractivity contribution >= 4 is 16.0 Å². The summed E-state index contributed by atoms with van der Waals surface area (Å²) in [6.45, 7) is 0. The average molecular weight is 318 g/mol. The van der Waals surface area contributed by atoms with Gasteiger partial charge in [0.2, 0.25) is 0 Å². The van der Waals surface area contributed by atoms with E-state index in [0.29, 0.717) is 11.8 Å². The van der Waals surface area contributed by atoms with E-state index in [4.69, 9.17) is 0 Å². The Morgan fingerprint density at radius 3 is 1.73 bits per heavy atom. The molecule has 0 N–H and O–H groups in total. The van der Waals surface area contributed by atoms with Crippen LogP contribution in [-0.2, 0) is 17.4 Å². The first-order chi connectivity index (χ1) is 10.9. The van der Waals surface area contributed by atoms with Crippen molar-refractivity contribution in [2.75, 3.05) is 0 Å². The van der Waals surface area contributed by atoms with Gasteiger partial charge in [0.05, 0.1) is 0 Å². The summed E-state index contributed by atoms with van der Waals surface area (Å²) in [6.07, 6.45) is 9.61. The summed E-state index contributed by atoms with van der Waals surface area (Å²) < 4.78 is 4.96. The van der Waals surface area contributed by atoms with Crippen molar-refractivity contribution in [1.82, 2.24) is 0 Å². The normalized spacial score (nSPS) is 23.5. The Kier molecular flexibility index (Phi) is 2.96. The monoisotopic (exact) mass is 318 g/mol. The molecule has 1 heterocycles. The Hall–Kier alpha value is -1.50. The van der Waals surface area contributed by atoms with E-state index in [9.17, 15) is 0 Å². The van der Waals surface area contributed by atoms with Crippen LogP contribution in [0.4, 0.5) is 0 Å². The van der Waals surface area contributed by atoms with Gasteiger partial charge in [0.1, 0.15) is 0 Å². The van der Waals surface area contributed by atoms with E-state index in [0.717, 1.165) is 0 Å². The van der Waals surface area contributed by atoms with Gasteiger partial charge in [0.15, 0.2) is 0 Å². The molecule has 22 heavy (non-hydrogen) atoms. The van der Waals surface area contributed by atoms with Crippen LogP contribution < -0.4 is 0 Å². The molecule has 1 saturated heterocycles. The molecule has 1 fully saturated rings. The first-order valence-electron chi connectivity index (χ1n) is 8.18. The number of hydrogen-bond donors (Lipinski definition) is 0. The van der Waals surface area contributed by atoms with Gasteiger partial charge < -0.3 is 0 Å². The molecule has 0 saturated carbocycles. The topological polar surface area (TPSA) is 0 Å². The van der Waals surface area contributed by atoms with Crippen molar-refractivity contribution < 1.29 is 17.4 Å². The Labute approximate surface area is 137 Å². The zero-order chi connectivity index (χ0) is 14.5. The summed E-state index contributed by atoms with van der Waals surface area (Å²) in [7, 11) is 0. The molecule has 2 atom stereocenters. The van der Waals surface area contributed by atoms with E-state index < -0.39 is 17.4 Å². The van der Waals surface area contributed by atoms with Crippen molar-refractivity contribution in [3.05, 3.63) is 82.9 Å². The van der Waals surface area contributed by atoms with Crippen molar-refractivity contribution in [2.45, 2.75) is 21.3 Å². The number of fused-ring (bicyclic) bond motifs is 2. The number of allylic oxidation sites excluding steroid dienone is 2. The Bertz CT molecular complexity index is 784. The molecule has 1 heteroatoms. The Morgan fingerprint density at radius 2 is 1.23 bits per heavy atom. The fourth-order valence-corrected chi connectivity index (χ4v) is 8.09. The molecule has 0 radical (unpaired) electrons. The quantitative estimate of drug-likeness (QED) is 0.664. The average Bonchev–Trinajstić information content (AvgIpc) is 3.17. The van der Waals surface area contributed by atoms with Gasteiger partial charge in [0, 0.05) is 0 Å². The zero-order valence-electron chi connectivity index (χ0n) is 12.5. The van der Waals surface area contributed by atoms with Gasteiger partial charge in [-0.15, -0.1) is 0 Å². The standard InChI is InChI=1S/C19H14.C2H4.Ti/c1-3-7-18-14(5-1)9-11-16(18)13-17-12-10-15-6-2-4-8-19(15)17;1-2;/h1-12,16-17H;1-2H2;. The van der Waals surface area contributed by atoms with Crippen LogP contribution in [0.3, 0.4) is 0 Å². The molecule has 1 aliphatic heterocycles. The van der Waals surface area contributed by atoms with Gasteiger partial charge in [-0.1, -0.05) is 0 Å². The molecular formula is C21H18Ti. The number of hydrogen-bond acceptors (Lipinski definition) is 0. The third-order valence-electron chi connectivity index (χ3n) is 5.18. The van der Waals surface area contributed by atoms with Crippen LogP contribution in [-0.4, -0.2) is 3.81 Å². The second kappa shape index (κ2) is 5.01. The summed E-state index contributed by atoms with van der Waals surface area (Å²) in [6, 6.07) is 17.9. The van der Waals surface area contributed by atoms with Crippen molar-refractivity contribution in [2.24, 2.45) is 0 Å². The van der Waals surface area contributed by atoms with E-state index in [1.54, 1.807) is 11.1 Å². The van der Waals surface area contributed by atoms with Crippen LogP contribution in [0, 0.1) is 0 Å². The van der Waals surface area contributed by atoms with E-state index in [2.05, 4.69) is 72.8 Å². The summed E-state index contributed by atoms with van der Waals surface area (Å²) in [5.41, 5.74) is 5.95. The van der Waals surface area contributed by atoms with Crippen LogP contribution in [0.25, 0.3) is 12.2 Å². The van der Waals surface area contributed by atoms with Gasteiger partial charge in [-0.25, -0.2) is 0 Å². The number of rotatable bonds is 2. The van der Waals surface area contributed by atoms with Crippen molar-refractivity contribution in [3.8, 4) is 0 Å². The molecule has 2 aliphatic carbocycles. The Morgan fingerprint density at radius 1 is 0.727 bits per heavy atom. The number of benzene rings is 2. The third-order valence-corrected chi connectivity index (χ3v) is 8.98. The second-order valence-corrected chi connectivity index (χ2v) is 10.8. The first-order valence-corrected chi connectivity index (χ1v) is 11.2. The van der Waals surface area contributed by atoms with Gasteiger partial charge in [-0.05, 0) is 0 Å². The molecule has 5 rings (SSSR count). The molecule has 3 aliphatic rings. The predicted molar refractivity (Wildman–Crippen MR) is 91.1 cm³/mol. The molecule has 2 unspecified atom stereocenters. The molecule has 2 aromatic rings. The molecule has 0 spiro atoms. The minimum atomic E-state index is -0.936. The van der Waals surface area contributed by atoms with E-state index in [-0.39, 0.29) is 0 Å². The van der Waals surface area contributed by atoms with E-state index >= 15 is 0 Å². The van der Waals surface area contributed by atoms with Gasteiger partial charge in [-0.3, -0.25) is 0 Å². The predicted octanol–water partition coefficient (Wildman–Crippen LogP) is 5.25. The SMILES string of the molecule is C1=CC([C](C2C=Cc3ccccc32)=[Ti]2[CH2][CH2]2)c2ccccc21. The minimum absolute atomic E-state index is 0.578. The van der Waals surface area contributed by atoms with Crippen molar-refractivity contribution in [3.63, 3.8) is 0 Å². The molecule has 106 valence electrons. The Balaban J connectivity index is 1.63. The molecule has 0 bridgehead atoms. The molecule has 2 aromatic carbocycles. The summed E-state index contributed by atoms with van der Waals surface area (Å²) >= 11 is -0.936. The summed E-state index contributed by atoms with van der Waals surface area (Å²) in [5, 5.41) is 0. The van der Waals surface area contributed by atoms with Crippen molar-refractivity contribution in [1.29, 1.82) is 0 Å². The fourth-order valence-electron chi connectivity index (χ4n) is 4.03. The molecule has 0 aromatic heterocycles. The first kappa shape index (κ1) is 13.0. The van der Waals surface area contributed by atoms with Crippen LogP contribution in [0.5, 0.6) is 0 Å². The zero-order valence-corrected chi connectivity index (χ0v) is 14.1. The summed E-state index contributed by atoms with van der Waals surface area (Å²) in [4.78, 5) is 0. The maximum atomic E-state index is 2.47. The maximum absolute atomic E-state index is 2.47. The fraction of sp³-hybridized carbons (Fsp3) is 0.190. The van der Waals surface area contributed by atoms with E-state index in [1.165, 1.54) is 20.6 Å². The van der Waals surface area contributed by atoms with Crippen LogP contribution in [0.15, 0.2) is 60.7 Å². The van der Waals surface area contributed by atoms with Gasteiger partial charge in [-0.2, -0.15) is 0 Å². The molecule has 0 amide bonds.